The van der Waals surface area contributed by atoms with Gasteiger partial charge in [0.1, 0.15) is 29.6 Å². The minimum Gasteiger partial charge on any atom is -0.508 e. The lowest BCUT2D eigenvalue weighted by Gasteiger charge is -2.25. The molecule has 10 N–H and O–H groups in total. The first-order valence-corrected chi connectivity index (χ1v) is 15.1. The van der Waals surface area contributed by atoms with Crippen LogP contribution in [0.2, 0.25) is 0 Å². The third kappa shape index (κ3) is 12.0. The van der Waals surface area contributed by atoms with Crippen molar-refractivity contribution in [2.45, 2.75) is 62.7 Å². The zero-order chi connectivity index (χ0) is 31.1. The number of rotatable bonds is 18. The van der Waals surface area contributed by atoms with E-state index in [4.69, 9.17) is 11.5 Å². The van der Waals surface area contributed by atoms with Gasteiger partial charge in [0.2, 0.25) is 17.7 Å². The molecule has 2 rings (SSSR count). The van der Waals surface area contributed by atoms with Crippen molar-refractivity contribution in [3.8, 4) is 11.5 Å². The monoisotopic (exact) mass is 603 g/mol. The van der Waals surface area contributed by atoms with E-state index in [1.54, 1.807) is 24.3 Å². The van der Waals surface area contributed by atoms with Crippen molar-refractivity contribution in [1.29, 1.82) is 0 Å². The summed E-state index contributed by atoms with van der Waals surface area (Å²) in [7, 11) is 0. The number of aromatic hydroxyl groups is 2. The molecule has 230 valence electrons. The Bertz CT molecular complexity index is 1160. The second-order valence-electron chi connectivity index (χ2n) is 9.94. The largest absolute Gasteiger partial charge is 0.508 e. The Morgan fingerprint density at radius 2 is 1.24 bits per heavy atom. The van der Waals surface area contributed by atoms with E-state index in [2.05, 4.69) is 16.0 Å². The number of aliphatic carboxylic acids is 1. The summed E-state index contributed by atoms with van der Waals surface area (Å²) in [5.74, 6) is -2.45. The number of phenolic OH excluding ortho intramolecular Hbond substituents is 2. The summed E-state index contributed by atoms with van der Waals surface area (Å²) in [6.07, 6.45) is 3.56. The molecule has 0 saturated heterocycles. The smallest absolute Gasteiger partial charge is 0.326 e. The molecule has 42 heavy (non-hydrogen) atoms. The van der Waals surface area contributed by atoms with E-state index in [9.17, 15) is 34.5 Å². The average Bonchev–Trinajstić information content (AvgIpc) is 2.96. The summed E-state index contributed by atoms with van der Waals surface area (Å²) >= 11 is 1.47. The fourth-order valence-corrected chi connectivity index (χ4v) is 4.61. The molecule has 0 aliphatic carbocycles. The Labute approximate surface area is 249 Å². The second kappa shape index (κ2) is 17.9. The molecule has 2 aromatic rings. The van der Waals surface area contributed by atoms with Gasteiger partial charge in [-0.2, -0.15) is 11.8 Å². The molecule has 0 bridgehead atoms. The van der Waals surface area contributed by atoms with Gasteiger partial charge >= 0.3 is 5.97 Å². The first-order valence-electron chi connectivity index (χ1n) is 13.7. The summed E-state index contributed by atoms with van der Waals surface area (Å²) in [5, 5.41) is 36.6. The topological polar surface area (TPSA) is 217 Å². The molecule has 13 heteroatoms. The fourth-order valence-electron chi connectivity index (χ4n) is 4.13. The molecule has 0 fully saturated rings. The van der Waals surface area contributed by atoms with Crippen molar-refractivity contribution in [3.05, 3.63) is 59.7 Å². The molecule has 0 aliphatic heterocycles. The number of carbonyl (C=O) groups is 4. The van der Waals surface area contributed by atoms with Gasteiger partial charge in [0.05, 0.1) is 6.04 Å². The minimum atomic E-state index is -1.21. The lowest BCUT2D eigenvalue weighted by atomic mass is 10.0. The molecule has 12 nitrogen and oxygen atoms in total. The van der Waals surface area contributed by atoms with Crippen LogP contribution in [0.3, 0.4) is 0 Å². The zero-order valence-corrected chi connectivity index (χ0v) is 24.4. The van der Waals surface area contributed by atoms with Crippen molar-refractivity contribution in [1.82, 2.24) is 16.0 Å². The zero-order valence-electron chi connectivity index (χ0n) is 23.6. The number of nitrogens with two attached hydrogens (primary N) is 2. The summed E-state index contributed by atoms with van der Waals surface area (Å²) in [6.45, 7) is 0.390. The number of carbonyl (C=O) groups excluding carboxylic acids is 3. The van der Waals surface area contributed by atoms with Crippen LogP contribution in [0.15, 0.2) is 48.5 Å². The highest BCUT2D eigenvalue weighted by atomic mass is 32.2. The van der Waals surface area contributed by atoms with Gasteiger partial charge in [0.15, 0.2) is 0 Å². The van der Waals surface area contributed by atoms with Crippen LogP contribution in [0.1, 0.15) is 36.8 Å². The van der Waals surface area contributed by atoms with Crippen LogP contribution in [-0.4, -0.2) is 81.7 Å². The first-order chi connectivity index (χ1) is 20.0. The third-order valence-electron chi connectivity index (χ3n) is 6.54. The number of benzene rings is 2. The quantitative estimate of drug-likeness (QED) is 0.111. The Kier molecular flexibility index (Phi) is 14.6. The Balaban J connectivity index is 2.19. The number of phenols is 2. The van der Waals surface area contributed by atoms with E-state index in [0.29, 0.717) is 30.7 Å². The third-order valence-corrected chi connectivity index (χ3v) is 7.19. The highest BCUT2D eigenvalue weighted by molar-refractivity contribution is 7.98. The van der Waals surface area contributed by atoms with Crippen molar-refractivity contribution >= 4 is 35.5 Å². The van der Waals surface area contributed by atoms with Crippen molar-refractivity contribution in [2.24, 2.45) is 11.5 Å². The average molecular weight is 604 g/mol. The number of thioether (sulfide) groups is 1. The molecular weight excluding hydrogens is 562 g/mol. The summed E-state index contributed by atoms with van der Waals surface area (Å²) in [6, 6.07) is 8.01. The van der Waals surface area contributed by atoms with Crippen LogP contribution in [-0.2, 0) is 32.0 Å². The lowest BCUT2D eigenvalue weighted by molar-refractivity contribution is -0.142. The molecule has 0 aromatic heterocycles. The van der Waals surface area contributed by atoms with Crippen molar-refractivity contribution in [3.63, 3.8) is 0 Å². The summed E-state index contributed by atoms with van der Waals surface area (Å²) in [4.78, 5) is 51.5. The predicted molar refractivity (Wildman–Crippen MR) is 161 cm³/mol. The van der Waals surface area contributed by atoms with E-state index in [1.165, 1.54) is 36.0 Å². The van der Waals surface area contributed by atoms with E-state index < -0.39 is 47.9 Å². The number of carboxylic acids is 1. The number of amides is 3. The second-order valence-corrected chi connectivity index (χ2v) is 10.9. The van der Waals surface area contributed by atoms with Gasteiger partial charge in [0, 0.05) is 6.42 Å². The van der Waals surface area contributed by atoms with E-state index in [-0.39, 0.29) is 37.2 Å². The van der Waals surface area contributed by atoms with Crippen LogP contribution < -0.4 is 27.4 Å². The number of hydrogen-bond donors (Lipinski definition) is 8. The molecule has 2 aromatic carbocycles. The Hall–Kier alpha value is -3.81. The van der Waals surface area contributed by atoms with Gasteiger partial charge in [0.25, 0.3) is 0 Å². The molecule has 0 saturated carbocycles. The minimum absolute atomic E-state index is 0.0105. The molecule has 4 atom stereocenters. The van der Waals surface area contributed by atoms with Crippen molar-refractivity contribution in [2.75, 3.05) is 18.6 Å². The number of nitrogens with one attached hydrogen (secondary N) is 3. The lowest BCUT2D eigenvalue weighted by Crippen LogP contribution is -2.57. The van der Waals surface area contributed by atoms with Gasteiger partial charge in [-0.3, -0.25) is 14.4 Å². The van der Waals surface area contributed by atoms with Gasteiger partial charge in [-0.05, 0) is 86.0 Å². The maximum absolute atomic E-state index is 13.4. The van der Waals surface area contributed by atoms with Gasteiger partial charge in [-0.15, -0.1) is 0 Å². The number of unbranched alkanes of at least 4 members (excludes halogenated alkanes) is 1. The van der Waals surface area contributed by atoms with Gasteiger partial charge in [-0.1, -0.05) is 24.3 Å². The molecule has 3 amide bonds. The molecular formula is C29H41N5O7S. The van der Waals surface area contributed by atoms with Crippen LogP contribution in [0, 0.1) is 0 Å². The van der Waals surface area contributed by atoms with E-state index in [1.807, 2.05) is 6.26 Å². The molecule has 0 heterocycles. The SMILES string of the molecule is CSCCC(NC(=O)C(N)Cc1ccc(O)cc1)C(=O)NC(Cc1ccc(O)cc1)C(=O)NC(CCCCN)C(=O)O. The highest BCUT2D eigenvalue weighted by Crippen LogP contribution is 2.14. The number of hydrogen-bond acceptors (Lipinski definition) is 9. The highest BCUT2D eigenvalue weighted by Gasteiger charge is 2.30. The normalized spacial score (nSPS) is 13.8. The predicted octanol–water partition coefficient (Wildman–Crippen LogP) is 0.631. The molecule has 0 radical (unpaired) electrons. The molecule has 4 unspecified atom stereocenters. The van der Waals surface area contributed by atoms with Gasteiger partial charge in [-0.25, -0.2) is 4.79 Å². The maximum atomic E-state index is 13.4. The Morgan fingerprint density at radius 1 is 0.738 bits per heavy atom. The van der Waals surface area contributed by atoms with E-state index >= 15 is 0 Å². The maximum Gasteiger partial charge on any atom is 0.326 e. The summed E-state index contributed by atoms with van der Waals surface area (Å²) < 4.78 is 0. The van der Waals surface area contributed by atoms with Crippen LogP contribution in [0.4, 0.5) is 0 Å². The summed E-state index contributed by atoms with van der Waals surface area (Å²) in [5.41, 5.74) is 12.9. The van der Waals surface area contributed by atoms with Crippen LogP contribution in [0.25, 0.3) is 0 Å². The number of carboxylic acid groups (broad SMARTS) is 1. The van der Waals surface area contributed by atoms with Crippen molar-refractivity contribution < 1.29 is 34.5 Å². The molecule has 0 spiro atoms. The standard InChI is InChI=1S/C29H41N5O7S/c1-42-15-13-23(32-26(37)22(31)16-18-5-9-20(35)10-6-18)27(38)34-25(17-19-7-11-21(36)12-8-19)28(39)33-24(29(40)41)4-2-3-14-30/h5-12,22-25,35-36H,2-4,13-17,30-31H2,1H3,(H,32,37)(H,33,39)(H,34,38)(H,40,41). The van der Waals surface area contributed by atoms with Crippen LogP contribution >= 0.6 is 11.8 Å². The van der Waals surface area contributed by atoms with E-state index in [0.717, 1.165) is 5.56 Å². The Morgan fingerprint density at radius 3 is 1.76 bits per heavy atom. The first kappa shape index (κ1) is 34.4. The van der Waals surface area contributed by atoms with Gasteiger partial charge < -0.3 is 42.7 Å². The fraction of sp³-hybridized carbons (Fsp3) is 0.448. The van der Waals surface area contributed by atoms with Crippen LogP contribution in [0.5, 0.6) is 11.5 Å². The molecule has 0 aliphatic rings.